The fraction of sp³-hybridized carbons (Fsp3) is 0.556. The average molecular weight is 211 g/mol. The second kappa shape index (κ2) is 3.23. The van der Waals surface area contributed by atoms with Crippen molar-refractivity contribution < 1.29 is 9.90 Å². The number of hydrogen-bond donors (Lipinski definition) is 3. The van der Waals surface area contributed by atoms with E-state index in [4.69, 9.17) is 0 Å². The summed E-state index contributed by atoms with van der Waals surface area (Å²) in [5, 5.41) is 9.69. The summed E-state index contributed by atoms with van der Waals surface area (Å²) in [7, 11) is 0. The quantitative estimate of drug-likeness (QED) is 0.573. The molecule has 1 aliphatic heterocycles. The van der Waals surface area contributed by atoms with Crippen LogP contribution in [0.25, 0.3) is 0 Å². The van der Waals surface area contributed by atoms with Crippen molar-refractivity contribution in [3.63, 3.8) is 0 Å². The molecule has 6 nitrogen and oxygen atoms in total. The van der Waals surface area contributed by atoms with Gasteiger partial charge in [-0.25, -0.2) is 4.79 Å². The van der Waals surface area contributed by atoms with Gasteiger partial charge in [-0.3, -0.25) is 4.79 Å². The van der Waals surface area contributed by atoms with Gasteiger partial charge in [0.1, 0.15) is 5.69 Å². The number of carbonyl (C=O) groups is 1. The molecule has 0 spiro atoms. The van der Waals surface area contributed by atoms with E-state index in [2.05, 4.69) is 9.97 Å². The third-order valence-corrected chi connectivity index (χ3v) is 2.57. The van der Waals surface area contributed by atoms with Gasteiger partial charge in [0.05, 0.1) is 5.60 Å². The van der Waals surface area contributed by atoms with Crippen molar-refractivity contribution >= 4 is 5.91 Å². The smallest absolute Gasteiger partial charge is 0.323 e. The van der Waals surface area contributed by atoms with Crippen LogP contribution in [0.15, 0.2) is 11.0 Å². The molecule has 1 amide bonds. The molecule has 15 heavy (non-hydrogen) atoms. The molecule has 1 unspecified atom stereocenters. The number of nitrogens with one attached hydrogen (secondary N) is 2. The second-order valence-electron chi connectivity index (χ2n) is 4.13. The van der Waals surface area contributed by atoms with Crippen LogP contribution in [-0.2, 0) is 0 Å². The Morgan fingerprint density at radius 2 is 2.40 bits per heavy atom. The highest BCUT2D eigenvalue weighted by atomic mass is 16.3. The van der Waals surface area contributed by atoms with Crippen LogP contribution in [0.2, 0.25) is 0 Å². The van der Waals surface area contributed by atoms with E-state index in [1.165, 1.54) is 11.1 Å². The highest BCUT2D eigenvalue weighted by Gasteiger charge is 2.34. The van der Waals surface area contributed by atoms with Crippen LogP contribution in [0.5, 0.6) is 0 Å². The summed E-state index contributed by atoms with van der Waals surface area (Å²) < 4.78 is 0. The number of β-amino-alcohol motifs (C(OH)–C–C–N with tert-alkyl or cyclic N) is 1. The highest BCUT2D eigenvalue weighted by Crippen LogP contribution is 2.21. The zero-order valence-corrected chi connectivity index (χ0v) is 8.41. The molecule has 6 heteroatoms. The Hall–Kier alpha value is -1.56. The van der Waals surface area contributed by atoms with E-state index in [1.807, 2.05) is 0 Å². The minimum Gasteiger partial charge on any atom is -0.388 e. The Labute approximate surface area is 85.9 Å². The molecule has 3 N–H and O–H groups in total. The van der Waals surface area contributed by atoms with Crippen LogP contribution >= 0.6 is 0 Å². The number of aliphatic hydroxyl groups is 1. The number of aromatic amines is 2. The lowest BCUT2D eigenvalue weighted by molar-refractivity contribution is 0.0569. The number of hydrogen-bond acceptors (Lipinski definition) is 3. The Morgan fingerprint density at radius 1 is 1.67 bits per heavy atom. The first-order chi connectivity index (χ1) is 6.98. The van der Waals surface area contributed by atoms with Gasteiger partial charge >= 0.3 is 5.69 Å². The van der Waals surface area contributed by atoms with Gasteiger partial charge in [-0.2, -0.15) is 0 Å². The van der Waals surface area contributed by atoms with Crippen LogP contribution in [0.4, 0.5) is 0 Å². The van der Waals surface area contributed by atoms with Gasteiger partial charge in [-0.05, 0) is 13.3 Å². The van der Waals surface area contributed by atoms with Crippen molar-refractivity contribution in [1.29, 1.82) is 0 Å². The SMILES string of the molecule is CC1(O)CCN(C(=O)c2c[nH]c(=O)[nH]2)C1. The van der Waals surface area contributed by atoms with E-state index in [1.54, 1.807) is 6.92 Å². The first kappa shape index (κ1) is 9.97. The summed E-state index contributed by atoms with van der Waals surface area (Å²) >= 11 is 0. The van der Waals surface area contributed by atoms with Gasteiger partial charge in [0.15, 0.2) is 0 Å². The summed E-state index contributed by atoms with van der Waals surface area (Å²) in [5.41, 5.74) is -0.978. The van der Waals surface area contributed by atoms with E-state index >= 15 is 0 Å². The van der Waals surface area contributed by atoms with Gasteiger partial charge in [0.2, 0.25) is 0 Å². The first-order valence-corrected chi connectivity index (χ1v) is 4.77. The minimum atomic E-state index is -0.813. The number of amides is 1. The lowest BCUT2D eigenvalue weighted by Crippen LogP contribution is -2.34. The van der Waals surface area contributed by atoms with Crippen molar-refractivity contribution in [2.45, 2.75) is 18.9 Å². The third kappa shape index (κ3) is 1.94. The molecule has 1 aromatic rings. The summed E-state index contributed by atoms with van der Waals surface area (Å²) in [6.45, 7) is 2.51. The number of aromatic nitrogens is 2. The second-order valence-corrected chi connectivity index (χ2v) is 4.13. The number of nitrogens with zero attached hydrogens (tertiary/aromatic N) is 1. The van der Waals surface area contributed by atoms with Crippen LogP contribution < -0.4 is 5.69 Å². The van der Waals surface area contributed by atoms with Crippen molar-refractivity contribution in [3.8, 4) is 0 Å². The molecule has 2 rings (SSSR count). The van der Waals surface area contributed by atoms with E-state index in [0.29, 0.717) is 19.5 Å². The topological polar surface area (TPSA) is 89.2 Å². The molecule has 2 heterocycles. The van der Waals surface area contributed by atoms with Crippen LogP contribution in [0, 0.1) is 0 Å². The standard InChI is InChI=1S/C9H13N3O3/c1-9(15)2-3-12(5-9)7(13)6-4-10-8(14)11-6/h4,15H,2-3,5H2,1H3,(H2,10,11,14). The van der Waals surface area contributed by atoms with Gasteiger partial charge < -0.3 is 20.0 Å². The monoisotopic (exact) mass is 211 g/mol. The largest absolute Gasteiger partial charge is 0.388 e. The average Bonchev–Trinajstić information content (AvgIpc) is 2.71. The Morgan fingerprint density at radius 3 is 2.87 bits per heavy atom. The molecule has 1 atom stereocenters. The Balaban J connectivity index is 2.13. The molecule has 0 aromatic carbocycles. The molecule has 0 bridgehead atoms. The van der Waals surface area contributed by atoms with Crippen molar-refractivity contribution in [2.24, 2.45) is 0 Å². The molecule has 1 aliphatic rings. The summed E-state index contributed by atoms with van der Waals surface area (Å²) in [6, 6.07) is 0. The summed E-state index contributed by atoms with van der Waals surface area (Å²) in [5.74, 6) is -0.258. The Bertz CT molecular complexity index is 432. The molecule has 1 saturated heterocycles. The van der Waals surface area contributed by atoms with Crippen molar-refractivity contribution in [2.75, 3.05) is 13.1 Å². The maximum absolute atomic E-state index is 11.8. The highest BCUT2D eigenvalue weighted by molar-refractivity contribution is 5.92. The zero-order valence-electron chi connectivity index (χ0n) is 8.41. The fourth-order valence-electron chi connectivity index (χ4n) is 1.74. The molecule has 82 valence electrons. The van der Waals surface area contributed by atoms with E-state index < -0.39 is 11.3 Å². The molecular weight excluding hydrogens is 198 g/mol. The minimum absolute atomic E-state index is 0.234. The molecule has 1 aromatic heterocycles. The molecule has 1 fully saturated rings. The van der Waals surface area contributed by atoms with Crippen molar-refractivity contribution in [3.05, 3.63) is 22.4 Å². The lowest BCUT2D eigenvalue weighted by atomic mass is 10.1. The first-order valence-electron chi connectivity index (χ1n) is 4.77. The number of H-pyrrole nitrogens is 2. The number of likely N-dealkylation sites (tertiary alicyclic amines) is 1. The van der Waals surface area contributed by atoms with E-state index in [9.17, 15) is 14.7 Å². The van der Waals surface area contributed by atoms with Crippen LogP contribution in [0.1, 0.15) is 23.8 Å². The van der Waals surface area contributed by atoms with E-state index in [0.717, 1.165) is 0 Å². The van der Waals surface area contributed by atoms with Gasteiger partial charge in [0, 0.05) is 19.3 Å². The lowest BCUT2D eigenvalue weighted by Gasteiger charge is -2.18. The van der Waals surface area contributed by atoms with Crippen LogP contribution in [0.3, 0.4) is 0 Å². The molecule has 0 saturated carbocycles. The molecular formula is C9H13N3O3. The zero-order chi connectivity index (χ0) is 11.1. The maximum Gasteiger partial charge on any atom is 0.323 e. The van der Waals surface area contributed by atoms with Gasteiger partial charge in [-0.1, -0.05) is 0 Å². The number of rotatable bonds is 1. The van der Waals surface area contributed by atoms with Gasteiger partial charge in [0.25, 0.3) is 5.91 Å². The normalized spacial score (nSPS) is 25.9. The summed E-state index contributed by atoms with van der Waals surface area (Å²) in [4.78, 5) is 28.9. The molecule has 0 radical (unpaired) electrons. The maximum atomic E-state index is 11.8. The number of imidazole rings is 1. The Kier molecular flexibility index (Phi) is 2.15. The molecule has 0 aliphatic carbocycles. The summed E-state index contributed by atoms with van der Waals surface area (Å²) in [6.07, 6.45) is 1.91. The predicted octanol–water partition coefficient (Wildman–Crippen LogP) is -0.700. The fourth-order valence-corrected chi connectivity index (χ4v) is 1.74. The van der Waals surface area contributed by atoms with Gasteiger partial charge in [-0.15, -0.1) is 0 Å². The van der Waals surface area contributed by atoms with Crippen molar-refractivity contribution in [1.82, 2.24) is 14.9 Å². The predicted molar refractivity (Wildman–Crippen MR) is 52.6 cm³/mol. The number of carbonyl (C=O) groups excluding carboxylic acids is 1. The van der Waals surface area contributed by atoms with Crippen LogP contribution in [-0.4, -0.2) is 44.6 Å². The van der Waals surface area contributed by atoms with E-state index in [-0.39, 0.29) is 11.6 Å². The third-order valence-electron chi connectivity index (χ3n) is 2.57.